The van der Waals surface area contributed by atoms with Gasteiger partial charge in [-0.3, -0.25) is 4.79 Å². The summed E-state index contributed by atoms with van der Waals surface area (Å²) in [5, 5.41) is 0. The molecule has 2 heterocycles. The van der Waals surface area contributed by atoms with Gasteiger partial charge in [0.15, 0.2) is 0 Å². The van der Waals surface area contributed by atoms with Crippen LogP contribution in [0, 0.1) is 0 Å². The van der Waals surface area contributed by atoms with E-state index in [2.05, 4.69) is 4.74 Å². The van der Waals surface area contributed by atoms with Gasteiger partial charge in [0, 0.05) is 5.75 Å². The molecule has 2 aliphatic heterocycles. The zero-order valence-electron chi connectivity index (χ0n) is 10.1. The van der Waals surface area contributed by atoms with Crippen LogP contribution in [0.4, 0.5) is 26.3 Å². The highest BCUT2D eigenvalue weighted by atomic mass is 32.2. The fourth-order valence-electron chi connectivity index (χ4n) is 2.37. The van der Waals surface area contributed by atoms with Gasteiger partial charge < -0.3 is 4.74 Å². The molecule has 3 atom stereocenters. The molecule has 0 spiro atoms. The lowest BCUT2D eigenvalue weighted by Gasteiger charge is -2.39. The molecule has 2 nitrogen and oxygen atoms in total. The van der Waals surface area contributed by atoms with E-state index in [4.69, 9.17) is 0 Å². The Labute approximate surface area is 114 Å². The smallest absolute Gasteiger partial charge is 0.352 e. The van der Waals surface area contributed by atoms with Crippen LogP contribution < -0.4 is 0 Å². The number of carbonyl (C=O) groups is 1. The predicted octanol–water partition coefficient (Wildman–Crippen LogP) is 2.92. The molecule has 0 radical (unpaired) electrons. The molecule has 0 aliphatic carbocycles. The van der Waals surface area contributed by atoms with Gasteiger partial charge in [-0.15, -0.1) is 0 Å². The Hall–Kier alpha value is -0.700. The van der Waals surface area contributed by atoms with Crippen LogP contribution >= 0.6 is 11.8 Å². The second-order valence-corrected chi connectivity index (χ2v) is 5.75. The fraction of sp³-hybridized carbons (Fsp3) is 0.727. The van der Waals surface area contributed by atoms with Crippen LogP contribution in [0.1, 0.15) is 6.92 Å². The first-order valence-corrected chi connectivity index (χ1v) is 6.71. The summed E-state index contributed by atoms with van der Waals surface area (Å²) in [6.45, 7) is 1.19. The van der Waals surface area contributed by atoms with Crippen LogP contribution in [-0.2, 0) is 9.53 Å². The van der Waals surface area contributed by atoms with E-state index in [9.17, 15) is 31.1 Å². The second-order valence-electron chi connectivity index (χ2n) is 4.76. The Morgan fingerprint density at radius 3 is 2.45 bits per heavy atom. The topological polar surface area (TPSA) is 26.3 Å². The lowest BCUT2D eigenvalue weighted by Crippen LogP contribution is -2.66. The highest BCUT2D eigenvalue weighted by Gasteiger charge is 2.88. The summed E-state index contributed by atoms with van der Waals surface area (Å²) in [5.74, 6) is -5.98. The number of fused-ring (bicyclic) bond motifs is 2. The third kappa shape index (κ3) is 1.82. The number of carbonyl (C=O) groups excluding carboxylic acids is 1. The third-order valence-electron chi connectivity index (χ3n) is 3.29. The molecule has 0 aromatic rings. The maximum Gasteiger partial charge on any atom is 0.431 e. The van der Waals surface area contributed by atoms with E-state index >= 15 is 0 Å². The monoisotopic (exact) mass is 320 g/mol. The molecule has 1 unspecified atom stereocenters. The molecule has 2 aliphatic rings. The summed E-state index contributed by atoms with van der Waals surface area (Å²) < 4.78 is 84.9. The summed E-state index contributed by atoms with van der Waals surface area (Å²) in [7, 11) is 0. The van der Waals surface area contributed by atoms with E-state index in [-0.39, 0.29) is 11.5 Å². The average Bonchev–Trinajstić information content (AvgIpc) is 2.76. The van der Waals surface area contributed by atoms with Crippen LogP contribution in [0.15, 0.2) is 12.2 Å². The van der Waals surface area contributed by atoms with Crippen molar-refractivity contribution in [2.45, 2.75) is 36.4 Å². The molecule has 1 fully saturated rings. The zero-order valence-corrected chi connectivity index (χ0v) is 11.0. The van der Waals surface area contributed by atoms with Crippen LogP contribution in [-0.4, -0.2) is 46.8 Å². The Balaban J connectivity index is 2.36. The van der Waals surface area contributed by atoms with Crippen molar-refractivity contribution in [2.24, 2.45) is 0 Å². The van der Waals surface area contributed by atoms with E-state index in [1.165, 1.54) is 6.92 Å². The lowest BCUT2D eigenvalue weighted by molar-refractivity contribution is -0.306. The summed E-state index contributed by atoms with van der Waals surface area (Å²) in [6.07, 6.45) is -6.60. The molecule has 0 aromatic carbocycles. The highest BCUT2D eigenvalue weighted by molar-refractivity contribution is 8.00. The molecule has 0 saturated carbocycles. The van der Waals surface area contributed by atoms with Crippen molar-refractivity contribution in [3.63, 3.8) is 0 Å². The SMILES string of the molecule is CC(=O)CSC[C@]12C=C[C@H](O1)C(F)(F)C2(F)C(F)(F)F. The van der Waals surface area contributed by atoms with Gasteiger partial charge in [0.1, 0.15) is 17.5 Å². The Morgan fingerprint density at radius 1 is 1.35 bits per heavy atom. The number of hydrogen-bond donors (Lipinski definition) is 0. The van der Waals surface area contributed by atoms with E-state index in [1.54, 1.807) is 0 Å². The molecule has 114 valence electrons. The van der Waals surface area contributed by atoms with E-state index < -0.39 is 35.2 Å². The Morgan fingerprint density at radius 2 is 1.95 bits per heavy atom. The molecule has 20 heavy (non-hydrogen) atoms. The first-order valence-electron chi connectivity index (χ1n) is 5.56. The van der Waals surface area contributed by atoms with Crippen LogP contribution in [0.5, 0.6) is 0 Å². The number of Topliss-reactive ketones (excluding diaryl/α,β-unsaturated/α-hetero) is 1. The molecule has 0 aromatic heterocycles. The van der Waals surface area contributed by atoms with E-state index in [0.29, 0.717) is 17.8 Å². The number of ether oxygens (including phenoxy) is 1. The summed E-state index contributed by atoms with van der Waals surface area (Å²) in [5.41, 5.74) is -7.59. The summed E-state index contributed by atoms with van der Waals surface area (Å²) in [4.78, 5) is 10.8. The van der Waals surface area contributed by atoms with Gasteiger partial charge in [0.25, 0.3) is 0 Å². The van der Waals surface area contributed by atoms with Crippen molar-refractivity contribution >= 4 is 17.5 Å². The number of hydrogen-bond acceptors (Lipinski definition) is 3. The van der Waals surface area contributed by atoms with Crippen molar-refractivity contribution in [3.8, 4) is 0 Å². The van der Waals surface area contributed by atoms with E-state index in [1.807, 2.05) is 0 Å². The molecular formula is C11H10F6O2S. The first-order chi connectivity index (χ1) is 8.98. The van der Waals surface area contributed by atoms with Crippen molar-refractivity contribution in [3.05, 3.63) is 12.2 Å². The standard InChI is InChI=1S/C11H10F6O2S/c1-6(18)4-20-5-8-3-2-7(19-8)9(12,13)10(8,14)11(15,16)17/h2-3,7H,4-5H2,1H3/t7-,8-,10?/m0/s1. The summed E-state index contributed by atoms with van der Waals surface area (Å²) in [6, 6.07) is 0. The normalized spacial score (nSPS) is 38.5. The lowest BCUT2D eigenvalue weighted by atomic mass is 9.77. The van der Waals surface area contributed by atoms with Gasteiger partial charge >= 0.3 is 17.8 Å². The van der Waals surface area contributed by atoms with Crippen molar-refractivity contribution in [1.29, 1.82) is 0 Å². The van der Waals surface area contributed by atoms with Crippen LogP contribution in [0.2, 0.25) is 0 Å². The molecule has 0 amide bonds. The maximum absolute atomic E-state index is 14.3. The minimum absolute atomic E-state index is 0.205. The first kappa shape index (κ1) is 15.7. The molecule has 2 bridgehead atoms. The van der Waals surface area contributed by atoms with E-state index in [0.717, 1.165) is 6.08 Å². The number of ketones is 1. The fourth-order valence-corrected chi connectivity index (χ4v) is 3.43. The molecule has 9 heteroatoms. The third-order valence-corrected chi connectivity index (χ3v) is 4.53. The highest BCUT2D eigenvalue weighted by Crippen LogP contribution is 2.63. The predicted molar refractivity (Wildman–Crippen MR) is 59.6 cm³/mol. The van der Waals surface area contributed by atoms with Gasteiger partial charge in [-0.2, -0.15) is 33.7 Å². The average molecular weight is 320 g/mol. The molecule has 2 rings (SSSR count). The maximum atomic E-state index is 14.3. The number of rotatable bonds is 4. The molecule has 1 saturated heterocycles. The Bertz CT molecular complexity index is 462. The van der Waals surface area contributed by atoms with Gasteiger partial charge in [-0.1, -0.05) is 6.08 Å². The number of alkyl halides is 6. The van der Waals surface area contributed by atoms with Gasteiger partial charge in [-0.05, 0) is 13.0 Å². The molecule has 0 N–H and O–H groups in total. The van der Waals surface area contributed by atoms with Gasteiger partial charge in [0.05, 0.1) is 5.75 Å². The van der Waals surface area contributed by atoms with Gasteiger partial charge in [-0.25, -0.2) is 4.39 Å². The number of thioether (sulfide) groups is 1. The quantitative estimate of drug-likeness (QED) is 0.588. The minimum Gasteiger partial charge on any atom is -0.352 e. The minimum atomic E-state index is -5.78. The van der Waals surface area contributed by atoms with Crippen LogP contribution in [0.3, 0.4) is 0 Å². The summed E-state index contributed by atoms with van der Waals surface area (Å²) >= 11 is 0.629. The molecular weight excluding hydrogens is 310 g/mol. The second kappa shape index (κ2) is 4.40. The Kier molecular flexibility index (Phi) is 3.45. The van der Waals surface area contributed by atoms with Crippen molar-refractivity contribution < 1.29 is 35.9 Å². The largest absolute Gasteiger partial charge is 0.431 e. The van der Waals surface area contributed by atoms with Crippen molar-refractivity contribution in [1.82, 2.24) is 0 Å². The van der Waals surface area contributed by atoms with Crippen molar-refractivity contribution in [2.75, 3.05) is 11.5 Å². The van der Waals surface area contributed by atoms with Crippen LogP contribution in [0.25, 0.3) is 0 Å². The zero-order chi connectivity index (χ0) is 15.4. The number of halogens is 6. The van der Waals surface area contributed by atoms with Gasteiger partial charge in [0.2, 0.25) is 0 Å².